The monoisotopic (exact) mass is 282 g/mol. The predicted octanol–water partition coefficient (Wildman–Crippen LogP) is 2.05. The first-order valence-electron chi connectivity index (χ1n) is 6.66. The number of para-hydroxylation sites is 2. The van der Waals surface area contributed by atoms with Gasteiger partial charge in [0.05, 0.1) is 36.2 Å². The molecule has 0 aliphatic heterocycles. The van der Waals surface area contributed by atoms with Crippen molar-refractivity contribution in [1.82, 2.24) is 19.5 Å². The van der Waals surface area contributed by atoms with Gasteiger partial charge in [-0.2, -0.15) is 0 Å². The van der Waals surface area contributed by atoms with Crippen LogP contribution in [0.15, 0.2) is 43.0 Å². The maximum absolute atomic E-state index is 12.1. The van der Waals surface area contributed by atoms with Crippen molar-refractivity contribution in [2.45, 2.75) is 13.5 Å². The minimum absolute atomic E-state index is 0.254. The molecule has 1 aromatic carbocycles. The van der Waals surface area contributed by atoms with Gasteiger partial charge in [0.2, 0.25) is 0 Å². The van der Waals surface area contributed by atoms with Gasteiger partial charge in [-0.25, -0.2) is 19.7 Å². The number of rotatable bonds is 4. The van der Waals surface area contributed by atoms with E-state index < -0.39 is 5.97 Å². The first kappa shape index (κ1) is 13.2. The van der Waals surface area contributed by atoms with Crippen LogP contribution < -0.4 is 0 Å². The summed E-state index contributed by atoms with van der Waals surface area (Å²) in [5, 5.41) is 0. The maximum atomic E-state index is 12.1. The Kier molecular flexibility index (Phi) is 3.59. The molecule has 0 radical (unpaired) electrons. The third kappa shape index (κ3) is 2.74. The van der Waals surface area contributed by atoms with Crippen molar-refractivity contribution in [3.05, 3.63) is 54.4 Å². The van der Waals surface area contributed by atoms with E-state index >= 15 is 0 Å². The molecule has 0 saturated heterocycles. The van der Waals surface area contributed by atoms with Crippen LogP contribution in [0.4, 0.5) is 0 Å². The van der Waals surface area contributed by atoms with Gasteiger partial charge in [0.15, 0.2) is 5.69 Å². The van der Waals surface area contributed by atoms with Gasteiger partial charge in [-0.15, -0.1) is 0 Å². The van der Waals surface area contributed by atoms with Crippen LogP contribution in [0.1, 0.15) is 23.1 Å². The molecule has 0 spiro atoms. The molecule has 0 fully saturated rings. The molecule has 106 valence electrons. The molecule has 0 bridgehead atoms. The van der Waals surface area contributed by atoms with Gasteiger partial charge in [-0.3, -0.25) is 0 Å². The van der Waals surface area contributed by atoms with Crippen LogP contribution in [0.2, 0.25) is 0 Å². The summed E-state index contributed by atoms with van der Waals surface area (Å²) in [7, 11) is 0. The largest absolute Gasteiger partial charge is 0.461 e. The molecule has 0 atom stereocenters. The molecule has 0 N–H and O–H groups in total. The van der Waals surface area contributed by atoms with Crippen LogP contribution in [0, 0.1) is 0 Å². The molecular weight excluding hydrogens is 268 g/mol. The number of ether oxygens (including phenoxy) is 1. The number of nitrogens with zero attached hydrogens (tertiary/aromatic N) is 4. The number of imidazole rings is 1. The van der Waals surface area contributed by atoms with Gasteiger partial charge in [0.1, 0.15) is 0 Å². The molecule has 3 aromatic rings. The fourth-order valence-electron chi connectivity index (χ4n) is 2.06. The SMILES string of the molecule is CCOC(=O)c1nc2ccccc2nc1Cn1ccnc1. The normalized spacial score (nSPS) is 10.7. The van der Waals surface area contributed by atoms with Crippen LogP contribution >= 0.6 is 0 Å². The Morgan fingerprint density at radius 2 is 2.00 bits per heavy atom. The van der Waals surface area contributed by atoms with Crippen LogP contribution in [0.3, 0.4) is 0 Å². The molecule has 0 aliphatic carbocycles. The lowest BCUT2D eigenvalue weighted by Crippen LogP contribution is -2.14. The van der Waals surface area contributed by atoms with Gasteiger partial charge in [0, 0.05) is 12.4 Å². The lowest BCUT2D eigenvalue weighted by molar-refractivity contribution is 0.0517. The number of fused-ring (bicyclic) bond motifs is 1. The first-order valence-corrected chi connectivity index (χ1v) is 6.66. The van der Waals surface area contributed by atoms with E-state index in [0.29, 0.717) is 24.4 Å². The topological polar surface area (TPSA) is 69.9 Å². The van der Waals surface area contributed by atoms with Gasteiger partial charge in [-0.05, 0) is 19.1 Å². The smallest absolute Gasteiger partial charge is 0.358 e. The summed E-state index contributed by atoms with van der Waals surface area (Å²) in [6.07, 6.45) is 5.16. The van der Waals surface area contributed by atoms with E-state index in [9.17, 15) is 4.79 Å². The molecule has 2 aromatic heterocycles. The van der Waals surface area contributed by atoms with Crippen molar-refractivity contribution in [2.75, 3.05) is 6.61 Å². The number of hydrogen-bond acceptors (Lipinski definition) is 5. The van der Waals surface area contributed by atoms with E-state index in [1.165, 1.54) is 0 Å². The van der Waals surface area contributed by atoms with E-state index in [4.69, 9.17) is 4.74 Å². The van der Waals surface area contributed by atoms with E-state index in [2.05, 4.69) is 15.0 Å². The summed E-state index contributed by atoms with van der Waals surface area (Å²) in [4.78, 5) is 25.0. The van der Waals surface area contributed by atoms with Gasteiger partial charge in [0.25, 0.3) is 0 Å². The minimum Gasteiger partial charge on any atom is -0.461 e. The van der Waals surface area contributed by atoms with Crippen molar-refractivity contribution in [2.24, 2.45) is 0 Å². The second-order valence-electron chi connectivity index (χ2n) is 4.46. The van der Waals surface area contributed by atoms with E-state index in [1.807, 2.05) is 35.0 Å². The Morgan fingerprint density at radius 3 is 2.67 bits per heavy atom. The van der Waals surface area contributed by atoms with Crippen molar-refractivity contribution in [1.29, 1.82) is 0 Å². The summed E-state index contributed by atoms with van der Waals surface area (Å²) in [5.41, 5.74) is 2.25. The Bertz CT molecular complexity index is 768. The fraction of sp³-hybridized carbons (Fsp3) is 0.200. The average molecular weight is 282 g/mol. The molecule has 3 rings (SSSR count). The number of benzene rings is 1. The van der Waals surface area contributed by atoms with Crippen LogP contribution in [-0.4, -0.2) is 32.1 Å². The number of carbonyl (C=O) groups is 1. The molecule has 6 heteroatoms. The highest BCUT2D eigenvalue weighted by Gasteiger charge is 2.17. The zero-order valence-corrected chi connectivity index (χ0v) is 11.6. The maximum Gasteiger partial charge on any atom is 0.358 e. The van der Waals surface area contributed by atoms with E-state index in [1.54, 1.807) is 19.4 Å². The van der Waals surface area contributed by atoms with Crippen LogP contribution in [0.25, 0.3) is 11.0 Å². The summed E-state index contributed by atoms with van der Waals surface area (Å²) in [6.45, 7) is 2.49. The molecular formula is C15H14N4O2. The van der Waals surface area contributed by atoms with Crippen molar-refractivity contribution in [3.63, 3.8) is 0 Å². The standard InChI is InChI=1S/C15H14N4O2/c1-2-21-15(20)14-13(9-19-8-7-16-10-19)17-11-5-3-4-6-12(11)18-14/h3-8,10H,2,9H2,1H3. The zero-order chi connectivity index (χ0) is 14.7. The fourth-order valence-corrected chi connectivity index (χ4v) is 2.06. The Balaban J connectivity index is 2.09. The Labute approximate surface area is 121 Å². The molecule has 0 unspecified atom stereocenters. The summed E-state index contributed by atoms with van der Waals surface area (Å²) >= 11 is 0. The highest BCUT2D eigenvalue weighted by molar-refractivity contribution is 5.91. The van der Waals surface area contributed by atoms with Crippen molar-refractivity contribution >= 4 is 17.0 Å². The number of carbonyl (C=O) groups excluding carboxylic acids is 1. The van der Waals surface area contributed by atoms with Crippen molar-refractivity contribution in [3.8, 4) is 0 Å². The predicted molar refractivity (Wildman–Crippen MR) is 76.8 cm³/mol. The van der Waals surface area contributed by atoms with Crippen molar-refractivity contribution < 1.29 is 9.53 Å². The quantitative estimate of drug-likeness (QED) is 0.685. The van der Waals surface area contributed by atoms with Gasteiger partial charge < -0.3 is 9.30 Å². The molecule has 6 nitrogen and oxygen atoms in total. The molecule has 0 amide bonds. The summed E-state index contributed by atoms with van der Waals surface area (Å²) < 4.78 is 6.91. The van der Waals surface area contributed by atoms with Gasteiger partial charge >= 0.3 is 5.97 Å². The van der Waals surface area contributed by atoms with Crippen LogP contribution in [0.5, 0.6) is 0 Å². The third-order valence-corrected chi connectivity index (χ3v) is 3.00. The summed E-state index contributed by atoms with van der Waals surface area (Å²) in [6, 6.07) is 7.45. The second-order valence-corrected chi connectivity index (χ2v) is 4.46. The highest BCUT2D eigenvalue weighted by atomic mass is 16.5. The summed E-state index contributed by atoms with van der Waals surface area (Å²) in [5.74, 6) is -0.453. The number of aromatic nitrogens is 4. The molecule has 0 aliphatic rings. The first-order chi connectivity index (χ1) is 10.3. The third-order valence-electron chi connectivity index (χ3n) is 3.00. The number of hydrogen-bond donors (Lipinski definition) is 0. The molecule has 2 heterocycles. The average Bonchev–Trinajstić information content (AvgIpc) is 3.00. The Hall–Kier alpha value is -2.76. The van der Waals surface area contributed by atoms with E-state index in [-0.39, 0.29) is 5.69 Å². The molecule has 0 saturated carbocycles. The zero-order valence-electron chi connectivity index (χ0n) is 11.6. The second kappa shape index (κ2) is 5.70. The lowest BCUT2D eigenvalue weighted by Gasteiger charge is -2.09. The molecule has 21 heavy (non-hydrogen) atoms. The van der Waals surface area contributed by atoms with Gasteiger partial charge in [-0.1, -0.05) is 12.1 Å². The van der Waals surface area contributed by atoms with E-state index in [0.717, 1.165) is 5.52 Å². The lowest BCUT2D eigenvalue weighted by atomic mass is 10.2. The number of esters is 1. The Morgan fingerprint density at radius 1 is 1.24 bits per heavy atom. The highest BCUT2D eigenvalue weighted by Crippen LogP contribution is 2.15. The minimum atomic E-state index is -0.453. The van der Waals surface area contributed by atoms with Crippen LogP contribution in [-0.2, 0) is 11.3 Å².